The van der Waals surface area contributed by atoms with Crippen molar-refractivity contribution in [2.45, 2.75) is 25.7 Å². The molecule has 148 valence electrons. The highest BCUT2D eigenvalue weighted by atomic mass is 16.2. The lowest BCUT2D eigenvalue weighted by Gasteiger charge is -2.20. The highest BCUT2D eigenvalue weighted by molar-refractivity contribution is 6.04. The van der Waals surface area contributed by atoms with E-state index in [1.54, 1.807) is 4.90 Å². The number of anilines is 3. The Morgan fingerprint density at radius 3 is 2.55 bits per heavy atom. The predicted octanol–water partition coefficient (Wildman–Crippen LogP) is 2.98. The van der Waals surface area contributed by atoms with Crippen molar-refractivity contribution in [2.24, 2.45) is 11.8 Å². The van der Waals surface area contributed by atoms with E-state index >= 15 is 0 Å². The van der Waals surface area contributed by atoms with Crippen LogP contribution in [0.5, 0.6) is 0 Å². The zero-order valence-electron chi connectivity index (χ0n) is 16.1. The van der Waals surface area contributed by atoms with Crippen molar-refractivity contribution in [2.75, 3.05) is 28.2 Å². The smallest absolute Gasteiger partial charge is 0.230 e. The number of rotatable bonds is 4. The van der Waals surface area contributed by atoms with Crippen LogP contribution in [0.4, 0.5) is 17.1 Å². The number of carbonyl (C=O) groups is 3. The first-order valence-electron chi connectivity index (χ1n) is 10.2. The Labute approximate surface area is 169 Å². The van der Waals surface area contributed by atoms with Crippen molar-refractivity contribution >= 4 is 34.8 Å². The Hall–Kier alpha value is -3.15. The molecule has 0 aromatic heterocycles. The van der Waals surface area contributed by atoms with Gasteiger partial charge in [0.25, 0.3) is 0 Å². The molecule has 2 fully saturated rings. The lowest BCUT2D eigenvalue weighted by atomic mass is 10.1. The minimum Gasteiger partial charge on any atom is -0.326 e. The molecule has 2 heterocycles. The van der Waals surface area contributed by atoms with E-state index in [1.165, 1.54) is 0 Å². The molecule has 6 heteroatoms. The molecule has 2 aliphatic heterocycles. The Kier molecular flexibility index (Phi) is 4.34. The van der Waals surface area contributed by atoms with Gasteiger partial charge in [0.15, 0.2) is 0 Å². The summed E-state index contributed by atoms with van der Waals surface area (Å²) in [5, 5.41) is 2.89. The molecule has 0 bridgehead atoms. The minimum atomic E-state index is -0.371. The zero-order chi connectivity index (χ0) is 20.0. The Morgan fingerprint density at radius 2 is 1.79 bits per heavy atom. The van der Waals surface area contributed by atoms with E-state index in [1.807, 2.05) is 53.4 Å². The number of fused-ring (bicyclic) bond motifs is 1. The van der Waals surface area contributed by atoms with Gasteiger partial charge >= 0.3 is 0 Å². The summed E-state index contributed by atoms with van der Waals surface area (Å²) >= 11 is 0. The summed E-state index contributed by atoms with van der Waals surface area (Å²) in [6, 6.07) is 15.1. The van der Waals surface area contributed by atoms with E-state index < -0.39 is 0 Å². The van der Waals surface area contributed by atoms with Crippen molar-refractivity contribution in [3.05, 3.63) is 54.1 Å². The highest BCUT2D eigenvalue weighted by Gasteiger charge is 2.38. The fourth-order valence-electron chi connectivity index (χ4n) is 4.23. The average molecular weight is 389 g/mol. The average Bonchev–Trinajstić information content (AvgIpc) is 3.38. The number of amides is 3. The van der Waals surface area contributed by atoms with Crippen LogP contribution in [0.25, 0.3) is 0 Å². The van der Waals surface area contributed by atoms with E-state index in [9.17, 15) is 14.4 Å². The largest absolute Gasteiger partial charge is 0.326 e. The molecule has 3 aliphatic rings. The molecule has 0 radical (unpaired) electrons. The predicted molar refractivity (Wildman–Crippen MR) is 111 cm³/mol. The summed E-state index contributed by atoms with van der Waals surface area (Å²) in [5.41, 5.74) is 3.61. The molecule has 1 aliphatic carbocycles. The van der Waals surface area contributed by atoms with Gasteiger partial charge in [0, 0.05) is 42.5 Å². The van der Waals surface area contributed by atoms with Crippen molar-refractivity contribution in [3.8, 4) is 0 Å². The molecule has 2 aromatic carbocycles. The summed E-state index contributed by atoms with van der Waals surface area (Å²) in [4.78, 5) is 41.2. The minimum absolute atomic E-state index is 0.0397. The summed E-state index contributed by atoms with van der Waals surface area (Å²) < 4.78 is 0. The maximum Gasteiger partial charge on any atom is 0.230 e. The molecule has 5 rings (SSSR count). The topological polar surface area (TPSA) is 69.7 Å². The van der Waals surface area contributed by atoms with Crippen LogP contribution in [0.15, 0.2) is 48.5 Å². The maximum absolute atomic E-state index is 12.6. The third kappa shape index (κ3) is 3.39. The third-order valence-corrected chi connectivity index (χ3v) is 6.00. The second-order valence-corrected chi connectivity index (χ2v) is 8.09. The van der Waals surface area contributed by atoms with Crippen LogP contribution in [0.1, 0.15) is 24.8 Å². The normalized spacial score (nSPS) is 20.7. The molecule has 1 saturated carbocycles. The molecule has 29 heavy (non-hydrogen) atoms. The van der Waals surface area contributed by atoms with Gasteiger partial charge in [-0.1, -0.05) is 18.2 Å². The first-order valence-corrected chi connectivity index (χ1v) is 10.2. The molecular weight excluding hydrogens is 366 g/mol. The third-order valence-electron chi connectivity index (χ3n) is 6.00. The first-order chi connectivity index (χ1) is 14.1. The summed E-state index contributed by atoms with van der Waals surface area (Å²) in [6.07, 6.45) is 3.01. The lowest BCUT2D eigenvalue weighted by Crippen LogP contribution is -2.30. The quantitative estimate of drug-likeness (QED) is 0.874. The molecule has 6 nitrogen and oxygen atoms in total. The fourth-order valence-corrected chi connectivity index (χ4v) is 4.23. The maximum atomic E-state index is 12.6. The molecule has 1 atom stereocenters. The van der Waals surface area contributed by atoms with E-state index in [-0.39, 0.29) is 36.0 Å². The van der Waals surface area contributed by atoms with Gasteiger partial charge in [-0.05, 0) is 55.2 Å². The van der Waals surface area contributed by atoms with Crippen molar-refractivity contribution in [1.82, 2.24) is 0 Å². The highest BCUT2D eigenvalue weighted by Crippen LogP contribution is 2.38. The van der Waals surface area contributed by atoms with Crippen molar-refractivity contribution < 1.29 is 14.4 Å². The Bertz CT molecular complexity index is 984. The molecule has 1 N–H and O–H groups in total. The summed E-state index contributed by atoms with van der Waals surface area (Å²) in [5.74, 6) is -0.114. The number of hydrogen-bond acceptors (Lipinski definition) is 3. The Morgan fingerprint density at radius 1 is 1.00 bits per heavy atom. The van der Waals surface area contributed by atoms with E-state index in [0.717, 1.165) is 41.9 Å². The number of hydrogen-bond donors (Lipinski definition) is 1. The number of para-hydroxylation sites is 1. The first kappa shape index (κ1) is 17.9. The van der Waals surface area contributed by atoms with E-state index in [0.29, 0.717) is 13.1 Å². The van der Waals surface area contributed by atoms with E-state index in [4.69, 9.17) is 0 Å². The number of benzene rings is 2. The van der Waals surface area contributed by atoms with Crippen LogP contribution < -0.4 is 15.1 Å². The van der Waals surface area contributed by atoms with Gasteiger partial charge in [-0.2, -0.15) is 0 Å². The summed E-state index contributed by atoms with van der Waals surface area (Å²) in [6.45, 7) is 1.09. The Balaban J connectivity index is 1.29. The van der Waals surface area contributed by atoms with Crippen LogP contribution in [0.2, 0.25) is 0 Å². The van der Waals surface area contributed by atoms with Crippen LogP contribution in [0.3, 0.4) is 0 Å². The second-order valence-electron chi connectivity index (χ2n) is 8.09. The lowest BCUT2D eigenvalue weighted by molar-refractivity contribution is -0.122. The van der Waals surface area contributed by atoms with Crippen molar-refractivity contribution in [1.29, 1.82) is 0 Å². The van der Waals surface area contributed by atoms with Crippen LogP contribution in [0, 0.1) is 11.8 Å². The van der Waals surface area contributed by atoms with E-state index in [2.05, 4.69) is 5.32 Å². The van der Waals surface area contributed by atoms with Gasteiger partial charge in [0.1, 0.15) is 0 Å². The van der Waals surface area contributed by atoms with Gasteiger partial charge in [-0.15, -0.1) is 0 Å². The molecule has 2 aromatic rings. The monoisotopic (exact) mass is 389 g/mol. The fraction of sp³-hybridized carbons (Fsp3) is 0.348. The molecule has 3 amide bonds. The second kappa shape index (κ2) is 7.03. The SMILES string of the molecule is O=C(Nc1ccccc1)[C@@H]1CC(=O)N(c2ccc3c(c2)CCN3C(=O)C2CC2)C1. The van der Waals surface area contributed by atoms with Gasteiger partial charge < -0.3 is 15.1 Å². The number of nitrogens with one attached hydrogen (secondary N) is 1. The number of carbonyl (C=O) groups excluding carboxylic acids is 3. The molecule has 0 unspecified atom stereocenters. The molecule has 1 saturated heterocycles. The summed E-state index contributed by atoms with van der Waals surface area (Å²) in [7, 11) is 0. The van der Waals surface area contributed by atoms with Gasteiger partial charge in [0.2, 0.25) is 17.7 Å². The van der Waals surface area contributed by atoms with Crippen LogP contribution in [-0.4, -0.2) is 30.8 Å². The van der Waals surface area contributed by atoms with Gasteiger partial charge in [-0.3, -0.25) is 14.4 Å². The molecular formula is C23H23N3O3. The van der Waals surface area contributed by atoms with Crippen LogP contribution in [-0.2, 0) is 20.8 Å². The standard InChI is InChI=1S/C23H23N3O3/c27-21-13-17(22(28)24-18-4-2-1-3-5-18)14-26(21)19-8-9-20-16(12-19)10-11-25(20)23(29)15-6-7-15/h1-5,8-9,12,15,17H,6-7,10-11,13-14H2,(H,24,28)/t17-/m1/s1. The molecule has 0 spiro atoms. The number of nitrogens with zero attached hydrogens (tertiary/aromatic N) is 2. The van der Waals surface area contributed by atoms with Gasteiger partial charge in [0.05, 0.1) is 5.92 Å². The van der Waals surface area contributed by atoms with Crippen molar-refractivity contribution in [3.63, 3.8) is 0 Å². The zero-order valence-corrected chi connectivity index (χ0v) is 16.1. The van der Waals surface area contributed by atoms with Crippen LogP contribution >= 0.6 is 0 Å². The van der Waals surface area contributed by atoms with Gasteiger partial charge in [-0.25, -0.2) is 0 Å².